The minimum Gasteiger partial charge on any atom is -0.343 e. The van der Waals surface area contributed by atoms with Gasteiger partial charge in [0.1, 0.15) is 0 Å². The summed E-state index contributed by atoms with van der Waals surface area (Å²) in [5, 5.41) is 10.6. The van der Waals surface area contributed by atoms with E-state index in [0.717, 1.165) is 6.42 Å². The lowest BCUT2D eigenvalue weighted by Crippen LogP contribution is -2.36. The van der Waals surface area contributed by atoms with E-state index < -0.39 is 0 Å². The van der Waals surface area contributed by atoms with Crippen LogP contribution in [0.25, 0.3) is 0 Å². The SMILES string of the molecule is O=C(NC1Cc2ccccc21)c1ccc(Cl)nn1. The maximum absolute atomic E-state index is 11.9. The van der Waals surface area contributed by atoms with Crippen LogP contribution < -0.4 is 5.32 Å². The maximum atomic E-state index is 11.9. The molecule has 1 heterocycles. The summed E-state index contributed by atoms with van der Waals surface area (Å²) < 4.78 is 0. The van der Waals surface area contributed by atoms with Crippen molar-refractivity contribution in [3.05, 3.63) is 58.4 Å². The van der Waals surface area contributed by atoms with E-state index in [2.05, 4.69) is 21.6 Å². The number of fused-ring (bicyclic) bond motifs is 1. The molecule has 1 aromatic carbocycles. The monoisotopic (exact) mass is 259 g/mol. The molecule has 0 aliphatic heterocycles. The molecule has 4 nitrogen and oxygen atoms in total. The summed E-state index contributed by atoms with van der Waals surface area (Å²) in [6, 6.07) is 11.3. The first kappa shape index (κ1) is 11.2. The predicted octanol–water partition coefficient (Wildman–Crippen LogP) is 2.16. The molecular formula is C13H10ClN3O. The first-order chi connectivity index (χ1) is 8.74. The number of benzene rings is 1. The molecule has 5 heteroatoms. The zero-order valence-corrected chi connectivity index (χ0v) is 10.2. The lowest BCUT2D eigenvalue weighted by atomic mass is 9.83. The first-order valence-electron chi connectivity index (χ1n) is 5.62. The van der Waals surface area contributed by atoms with Gasteiger partial charge in [0.2, 0.25) is 0 Å². The van der Waals surface area contributed by atoms with Crippen molar-refractivity contribution in [1.29, 1.82) is 0 Å². The summed E-state index contributed by atoms with van der Waals surface area (Å²) in [4.78, 5) is 11.9. The second kappa shape index (κ2) is 4.38. The van der Waals surface area contributed by atoms with Gasteiger partial charge in [-0.1, -0.05) is 35.9 Å². The third-order valence-electron chi connectivity index (χ3n) is 3.02. The van der Waals surface area contributed by atoms with Gasteiger partial charge >= 0.3 is 0 Å². The Kier molecular flexibility index (Phi) is 2.72. The zero-order valence-electron chi connectivity index (χ0n) is 9.43. The summed E-state index contributed by atoms with van der Waals surface area (Å²) in [7, 11) is 0. The zero-order chi connectivity index (χ0) is 12.5. The molecular weight excluding hydrogens is 250 g/mol. The number of halogens is 1. The van der Waals surface area contributed by atoms with Crippen LogP contribution in [0.3, 0.4) is 0 Å². The third kappa shape index (κ3) is 1.95. The van der Waals surface area contributed by atoms with Gasteiger partial charge in [0, 0.05) is 0 Å². The van der Waals surface area contributed by atoms with Gasteiger partial charge in [0.05, 0.1) is 6.04 Å². The molecule has 0 fully saturated rings. The van der Waals surface area contributed by atoms with Crippen molar-refractivity contribution in [2.24, 2.45) is 0 Å². The van der Waals surface area contributed by atoms with Gasteiger partial charge in [-0.2, -0.15) is 0 Å². The van der Waals surface area contributed by atoms with Crippen molar-refractivity contribution in [3.63, 3.8) is 0 Å². The van der Waals surface area contributed by atoms with Crippen LogP contribution >= 0.6 is 11.6 Å². The van der Waals surface area contributed by atoms with E-state index >= 15 is 0 Å². The number of carbonyl (C=O) groups is 1. The van der Waals surface area contributed by atoms with Gasteiger partial charge in [-0.3, -0.25) is 4.79 Å². The van der Waals surface area contributed by atoms with Crippen LogP contribution in [0.15, 0.2) is 36.4 Å². The van der Waals surface area contributed by atoms with Crippen molar-refractivity contribution in [3.8, 4) is 0 Å². The van der Waals surface area contributed by atoms with Crippen LogP contribution in [-0.4, -0.2) is 16.1 Å². The van der Waals surface area contributed by atoms with E-state index in [4.69, 9.17) is 11.6 Å². The molecule has 0 saturated heterocycles. The number of amides is 1. The van der Waals surface area contributed by atoms with E-state index in [1.54, 1.807) is 12.1 Å². The fourth-order valence-electron chi connectivity index (χ4n) is 2.06. The molecule has 90 valence electrons. The summed E-state index contributed by atoms with van der Waals surface area (Å²) in [5.74, 6) is -0.223. The van der Waals surface area contributed by atoms with Crippen molar-refractivity contribution < 1.29 is 4.79 Å². The molecule has 0 spiro atoms. The van der Waals surface area contributed by atoms with Gasteiger partial charge in [-0.05, 0) is 29.7 Å². The van der Waals surface area contributed by atoms with E-state index in [0.29, 0.717) is 0 Å². The Balaban J connectivity index is 1.72. The van der Waals surface area contributed by atoms with Crippen LogP contribution in [-0.2, 0) is 6.42 Å². The highest BCUT2D eigenvalue weighted by molar-refractivity contribution is 6.29. The number of hydrogen-bond donors (Lipinski definition) is 1. The third-order valence-corrected chi connectivity index (χ3v) is 3.23. The Bertz CT molecular complexity index is 597. The Labute approximate surface area is 109 Å². The molecule has 1 aliphatic carbocycles. The van der Waals surface area contributed by atoms with E-state index in [1.165, 1.54) is 11.1 Å². The number of nitrogens with one attached hydrogen (secondary N) is 1. The smallest absolute Gasteiger partial charge is 0.272 e. The van der Waals surface area contributed by atoms with E-state index in [-0.39, 0.29) is 22.8 Å². The van der Waals surface area contributed by atoms with Crippen molar-refractivity contribution in [1.82, 2.24) is 15.5 Å². The Morgan fingerprint density at radius 2 is 2.06 bits per heavy atom. The summed E-state index contributed by atoms with van der Waals surface area (Å²) >= 11 is 5.62. The van der Waals surface area contributed by atoms with Gasteiger partial charge in [0.15, 0.2) is 10.8 Å². The highest BCUT2D eigenvalue weighted by Gasteiger charge is 2.27. The number of aromatic nitrogens is 2. The van der Waals surface area contributed by atoms with Crippen molar-refractivity contribution >= 4 is 17.5 Å². The molecule has 1 atom stereocenters. The topological polar surface area (TPSA) is 54.9 Å². The van der Waals surface area contributed by atoms with Gasteiger partial charge in [-0.15, -0.1) is 10.2 Å². The maximum Gasteiger partial charge on any atom is 0.272 e. The molecule has 18 heavy (non-hydrogen) atoms. The molecule has 1 unspecified atom stereocenters. The highest BCUT2D eigenvalue weighted by atomic mass is 35.5. The highest BCUT2D eigenvalue weighted by Crippen LogP contribution is 2.32. The Morgan fingerprint density at radius 1 is 1.22 bits per heavy atom. The summed E-state index contributed by atoms with van der Waals surface area (Å²) in [5.41, 5.74) is 2.74. The standard InChI is InChI=1S/C13H10ClN3O/c14-12-6-5-10(16-17-12)13(18)15-11-7-8-3-1-2-4-9(8)11/h1-6,11H,7H2,(H,15,18). The number of rotatable bonds is 2. The van der Waals surface area contributed by atoms with Crippen LogP contribution in [0.2, 0.25) is 5.15 Å². The number of nitrogens with zero attached hydrogens (tertiary/aromatic N) is 2. The molecule has 0 radical (unpaired) electrons. The van der Waals surface area contributed by atoms with Crippen LogP contribution in [0.4, 0.5) is 0 Å². The quantitative estimate of drug-likeness (QED) is 0.899. The molecule has 0 bridgehead atoms. The summed E-state index contributed by atoms with van der Waals surface area (Å²) in [6.45, 7) is 0. The Hall–Kier alpha value is -1.94. The lowest BCUT2D eigenvalue weighted by Gasteiger charge is -2.30. The molecule has 1 aliphatic rings. The van der Waals surface area contributed by atoms with Gasteiger partial charge < -0.3 is 5.32 Å². The van der Waals surface area contributed by atoms with Gasteiger partial charge in [-0.25, -0.2) is 0 Å². The molecule has 1 N–H and O–H groups in total. The normalized spacial score (nSPS) is 16.6. The van der Waals surface area contributed by atoms with E-state index in [1.807, 2.05) is 18.2 Å². The predicted molar refractivity (Wildman–Crippen MR) is 67.4 cm³/mol. The fraction of sp³-hybridized carbons (Fsp3) is 0.154. The van der Waals surface area contributed by atoms with Crippen molar-refractivity contribution in [2.75, 3.05) is 0 Å². The fourth-order valence-corrected chi connectivity index (χ4v) is 2.16. The second-order valence-electron chi connectivity index (χ2n) is 4.17. The number of carbonyl (C=O) groups excluding carboxylic acids is 1. The molecule has 1 aromatic heterocycles. The minimum absolute atomic E-state index is 0.0752. The number of hydrogen-bond acceptors (Lipinski definition) is 3. The molecule has 1 amide bonds. The average Bonchev–Trinajstić information content (AvgIpc) is 2.36. The molecule has 0 saturated carbocycles. The Morgan fingerprint density at radius 3 is 2.78 bits per heavy atom. The summed E-state index contributed by atoms with van der Waals surface area (Å²) in [6.07, 6.45) is 0.864. The van der Waals surface area contributed by atoms with E-state index in [9.17, 15) is 4.79 Å². The average molecular weight is 260 g/mol. The van der Waals surface area contributed by atoms with Crippen LogP contribution in [0, 0.1) is 0 Å². The minimum atomic E-state index is -0.223. The van der Waals surface area contributed by atoms with Gasteiger partial charge in [0.25, 0.3) is 5.91 Å². The lowest BCUT2D eigenvalue weighted by molar-refractivity contribution is 0.0926. The second-order valence-corrected chi connectivity index (χ2v) is 4.56. The first-order valence-corrected chi connectivity index (χ1v) is 6.00. The van der Waals surface area contributed by atoms with Crippen LogP contribution in [0.5, 0.6) is 0 Å². The van der Waals surface area contributed by atoms with Crippen molar-refractivity contribution in [2.45, 2.75) is 12.5 Å². The van der Waals surface area contributed by atoms with Crippen LogP contribution in [0.1, 0.15) is 27.7 Å². The molecule has 2 aromatic rings. The largest absolute Gasteiger partial charge is 0.343 e. The molecule has 3 rings (SSSR count).